The van der Waals surface area contributed by atoms with E-state index in [0.29, 0.717) is 10.8 Å². The third-order valence-corrected chi connectivity index (χ3v) is 4.41. The number of aliphatic imine (C=N–C) groups is 1. The maximum atomic E-state index is 11.1. The Bertz CT molecular complexity index is 622. The summed E-state index contributed by atoms with van der Waals surface area (Å²) in [6, 6.07) is 5.02. The Morgan fingerprint density at radius 2 is 2.10 bits per heavy atom. The second kappa shape index (κ2) is 4.98. The van der Waals surface area contributed by atoms with E-state index in [1.165, 1.54) is 0 Å². The lowest BCUT2D eigenvalue weighted by Crippen LogP contribution is -2.39. The SMILES string of the molecule is Cc1ccc(C(=O)O)cc1C1=NC(C)(C(C)C)C(=S)N1. The molecule has 1 aromatic carbocycles. The lowest BCUT2D eigenvalue weighted by Gasteiger charge is -2.24. The predicted octanol–water partition coefficient (Wildman–Crippen LogP) is 2.79. The summed E-state index contributed by atoms with van der Waals surface area (Å²) in [6.45, 7) is 8.07. The van der Waals surface area contributed by atoms with E-state index in [1.807, 2.05) is 13.8 Å². The second-order valence-corrected chi connectivity index (χ2v) is 5.96. The number of amidine groups is 1. The standard InChI is InChI=1S/C15H18N2O2S/c1-8(2)15(4)14(20)16-12(17-15)11-7-10(13(18)19)6-5-9(11)3/h5-8H,1-4H3,(H,18,19)(H,16,17,20). The Kier molecular flexibility index (Phi) is 3.65. The van der Waals surface area contributed by atoms with E-state index in [4.69, 9.17) is 22.3 Å². The van der Waals surface area contributed by atoms with Crippen LogP contribution in [0.15, 0.2) is 23.2 Å². The number of thiocarbonyl (C=S) groups is 1. The number of aryl methyl sites for hydroxylation is 1. The monoisotopic (exact) mass is 290 g/mol. The summed E-state index contributed by atoms with van der Waals surface area (Å²) in [6.07, 6.45) is 0. The van der Waals surface area contributed by atoms with Crippen LogP contribution >= 0.6 is 12.2 Å². The fraction of sp³-hybridized carbons (Fsp3) is 0.400. The molecular formula is C15H18N2O2S. The van der Waals surface area contributed by atoms with Crippen molar-refractivity contribution < 1.29 is 9.90 Å². The van der Waals surface area contributed by atoms with Gasteiger partial charge in [-0.1, -0.05) is 32.1 Å². The molecule has 106 valence electrons. The van der Waals surface area contributed by atoms with Crippen LogP contribution in [-0.4, -0.2) is 27.4 Å². The van der Waals surface area contributed by atoms with E-state index < -0.39 is 11.5 Å². The molecule has 2 N–H and O–H groups in total. The highest BCUT2D eigenvalue weighted by molar-refractivity contribution is 7.80. The normalized spacial score (nSPS) is 21.9. The van der Waals surface area contributed by atoms with Gasteiger partial charge in [0, 0.05) is 5.56 Å². The molecule has 1 aliphatic heterocycles. The molecule has 0 spiro atoms. The molecule has 1 aromatic rings. The van der Waals surface area contributed by atoms with Crippen LogP contribution in [0.5, 0.6) is 0 Å². The molecule has 0 fully saturated rings. The number of hydrogen-bond acceptors (Lipinski definition) is 3. The zero-order valence-corrected chi connectivity index (χ0v) is 12.8. The average molecular weight is 290 g/mol. The van der Waals surface area contributed by atoms with Crippen molar-refractivity contribution in [3.63, 3.8) is 0 Å². The van der Waals surface area contributed by atoms with Crippen LogP contribution in [-0.2, 0) is 0 Å². The predicted molar refractivity (Wildman–Crippen MR) is 83.7 cm³/mol. The molecule has 1 aliphatic rings. The van der Waals surface area contributed by atoms with Gasteiger partial charge in [-0.3, -0.25) is 4.99 Å². The van der Waals surface area contributed by atoms with Gasteiger partial charge in [0.1, 0.15) is 16.4 Å². The second-order valence-electron chi connectivity index (χ2n) is 5.55. The topological polar surface area (TPSA) is 61.7 Å². The first-order valence-electron chi connectivity index (χ1n) is 6.51. The minimum absolute atomic E-state index is 0.249. The zero-order valence-electron chi connectivity index (χ0n) is 12.0. The van der Waals surface area contributed by atoms with Crippen LogP contribution < -0.4 is 5.32 Å². The van der Waals surface area contributed by atoms with Gasteiger partial charge in [-0.25, -0.2) is 4.79 Å². The van der Waals surface area contributed by atoms with Gasteiger partial charge in [0.15, 0.2) is 0 Å². The third-order valence-electron chi connectivity index (χ3n) is 3.90. The van der Waals surface area contributed by atoms with Crippen molar-refractivity contribution in [1.29, 1.82) is 0 Å². The van der Waals surface area contributed by atoms with Gasteiger partial charge in [-0.05, 0) is 37.5 Å². The van der Waals surface area contributed by atoms with E-state index in [2.05, 4.69) is 19.2 Å². The van der Waals surface area contributed by atoms with E-state index in [0.717, 1.165) is 11.1 Å². The molecule has 0 amide bonds. The smallest absolute Gasteiger partial charge is 0.335 e. The third kappa shape index (κ3) is 2.33. The number of carboxylic acids is 1. The van der Waals surface area contributed by atoms with E-state index in [9.17, 15) is 4.79 Å². The largest absolute Gasteiger partial charge is 0.478 e. The number of carboxylic acid groups (broad SMARTS) is 1. The minimum atomic E-state index is -0.945. The summed E-state index contributed by atoms with van der Waals surface area (Å²) in [7, 11) is 0. The highest BCUT2D eigenvalue weighted by Gasteiger charge is 2.39. The summed E-state index contributed by atoms with van der Waals surface area (Å²) in [4.78, 5) is 16.5. The van der Waals surface area contributed by atoms with Gasteiger partial charge < -0.3 is 10.4 Å². The molecular weight excluding hydrogens is 272 g/mol. The Morgan fingerprint density at radius 1 is 1.45 bits per heavy atom. The maximum absolute atomic E-state index is 11.1. The van der Waals surface area contributed by atoms with Crippen LogP contribution in [0.25, 0.3) is 0 Å². The summed E-state index contributed by atoms with van der Waals surface area (Å²) < 4.78 is 0. The van der Waals surface area contributed by atoms with Crippen molar-refractivity contribution in [2.75, 3.05) is 0 Å². The molecule has 20 heavy (non-hydrogen) atoms. The molecule has 4 nitrogen and oxygen atoms in total. The van der Waals surface area contributed by atoms with Crippen LogP contribution in [0.3, 0.4) is 0 Å². The van der Waals surface area contributed by atoms with E-state index >= 15 is 0 Å². The van der Waals surface area contributed by atoms with E-state index in [-0.39, 0.29) is 11.5 Å². The van der Waals surface area contributed by atoms with Gasteiger partial charge in [0.25, 0.3) is 0 Å². The molecule has 1 heterocycles. The number of rotatable bonds is 3. The van der Waals surface area contributed by atoms with Crippen LogP contribution in [0, 0.1) is 12.8 Å². The molecule has 2 rings (SSSR count). The first-order chi connectivity index (χ1) is 9.25. The summed E-state index contributed by atoms with van der Waals surface area (Å²) in [5.41, 5.74) is 1.57. The summed E-state index contributed by atoms with van der Waals surface area (Å²) >= 11 is 5.39. The van der Waals surface area contributed by atoms with Crippen molar-refractivity contribution in [2.45, 2.75) is 33.2 Å². The fourth-order valence-corrected chi connectivity index (χ4v) is 2.45. The number of nitrogens with one attached hydrogen (secondary N) is 1. The number of hydrogen-bond donors (Lipinski definition) is 2. The van der Waals surface area contributed by atoms with Crippen LogP contribution in [0.1, 0.15) is 42.3 Å². The fourth-order valence-electron chi connectivity index (χ4n) is 2.07. The van der Waals surface area contributed by atoms with Gasteiger partial charge in [-0.15, -0.1) is 0 Å². The van der Waals surface area contributed by atoms with Gasteiger partial charge in [0.2, 0.25) is 0 Å². The molecule has 1 unspecified atom stereocenters. The lowest BCUT2D eigenvalue weighted by molar-refractivity contribution is 0.0697. The molecule has 0 aliphatic carbocycles. The molecule has 0 aromatic heterocycles. The molecule has 0 saturated carbocycles. The van der Waals surface area contributed by atoms with Crippen LogP contribution in [0.2, 0.25) is 0 Å². The summed E-state index contributed by atoms with van der Waals surface area (Å²) in [5, 5.41) is 12.2. The molecule has 0 radical (unpaired) electrons. The van der Waals surface area contributed by atoms with Crippen molar-refractivity contribution >= 4 is 29.0 Å². The van der Waals surface area contributed by atoms with E-state index in [1.54, 1.807) is 18.2 Å². The van der Waals surface area contributed by atoms with Crippen LogP contribution in [0.4, 0.5) is 0 Å². The Labute approximate surface area is 123 Å². The lowest BCUT2D eigenvalue weighted by atomic mass is 9.90. The first-order valence-corrected chi connectivity index (χ1v) is 6.92. The van der Waals surface area contributed by atoms with Crippen molar-refractivity contribution in [1.82, 2.24) is 5.32 Å². The molecule has 1 atom stereocenters. The Morgan fingerprint density at radius 3 is 2.60 bits per heavy atom. The Balaban J connectivity index is 2.50. The zero-order chi connectivity index (χ0) is 15.1. The van der Waals surface area contributed by atoms with Gasteiger partial charge in [0.05, 0.1) is 5.56 Å². The Hall–Kier alpha value is -1.75. The number of benzene rings is 1. The highest BCUT2D eigenvalue weighted by atomic mass is 32.1. The van der Waals surface area contributed by atoms with Gasteiger partial charge in [-0.2, -0.15) is 0 Å². The van der Waals surface area contributed by atoms with Crippen molar-refractivity contribution in [3.05, 3.63) is 34.9 Å². The molecule has 0 bridgehead atoms. The van der Waals surface area contributed by atoms with Crippen molar-refractivity contribution in [2.24, 2.45) is 10.9 Å². The number of aromatic carboxylic acids is 1. The average Bonchev–Trinajstić information content (AvgIpc) is 2.67. The first kappa shape index (κ1) is 14.7. The highest BCUT2D eigenvalue weighted by Crippen LogP contribution is 2.28. The maximum Gasteiger partial charge on any atom is 0.335 e. The quantitative estimate of drug-likeness (QED) is 0.840. The molecule has 5 heteroatoms. The van der Waals surface area contributed by atoms with Crippen molar-refractivity contribution in [3.8, 4) is 0 Å². The minimum Gasteiger partial charge on any atom is -0.478 e. The summed E-state index contributed by atoms with van der Waals surface area (Å²) in [5.74, 6) is -0.0196. The van der Waals surface area contributed by atoms with Gasteiger partial charge >= 0.3 is 5.97 Å². The number of nitrogens with zero attached hydrogens (tertiary/aromatic N) is 1. The number of carbonyl (C=O) groups is 1. The molecule has 0 saturated heterocycles.